The standard InChI is InChI=1S/C11H15BrN2S/c1-11(5-2-6-15-11)8-14-10-4-3-9(12)7-13-10/h3-4,7H,2,5-6,8H2,1H3,(H,13,14). The molecule has 1 aromatic heterocycles. The van der Waals surface area contributed by atoms with Gasteiger partial charge in [0.05, 0.1) is 0 Å². The topological polar surface area (TPSA) is 24.9 Å². The first-order valence-corrected chi connectivity index (χ1v) is 6.95. The van der Waals surface area contributed by atoms with Gasteiger partial charge >= 0.3 is 0 Å². The van der Waals surface area contributed by atoms with E-state index in [0.29, 0.717) is 4.75 Å². The Bertz CT molecular complexity index is 320. The third kappa shape index (κ3) is 3.11. The van der Waals surface area contributed by atoms with E-state index in [1.54, 1.807) is 0 Å². The van der Waals surface area contributed by atoms with Gasteiger partial charge in [-0.05, 0) is 53.6 Å². The summed E-state index contributed by atoms with van der Waals surface area (Å²) in [5.74, 6) is 2.26. The molecule has 4 heteroatoms. The van der Waals surface area contributed by atoms with Crippen LogP contribution in [-0.2, 0) is 0 Å². The van der Waals surface area contributed by atoms with Crippen molar-refractivity contribution in [3.63, 3.8) is 0 Å². The highest BCUT2D eigenvalue weighted by molar-refractivity contribution is 9.10. The summed E-state index contributed by atoms with van der Waals surface area (Å²) in [7, 11) is 0. The lowest BCUT2D eigenvalue weighted by molar-refractivity contribution is 0.634. The maximum Gasteiger partial charge on any atom is 0.126 e. The van der Waals surface area contributed by atoms with Gasteiger partial charge in [-0.2, -0.15) is 11.8 Å². The van der Waals surface area contributed by atoms with Crippen LogP contribution in [0.4, 0.5) is 5.82 Å². The fourth-order valence-electron chi connectivity index (χ4n) is 1.73. The lowest BCUT2D eigenvalue weighted by Crippen LogP contribution is -2.27. The van der Waals surface area contributed by atoms with Gasteiger partial charge in [0.25, 0.3) is 0 Å². The summed E-state index contributed by atoms with van der Waals surface area (Å²) >= 11 is 5.45. The highest BCUT2D eigenvalue weighted by Gasteiger charge is 2.28. The lowest BCUT2D eigenvalue weighted by Gasteiger charge is -2.23. The van der Waals surface area contributed by atoms with E-state index in [4.69, 9.17) is 0 Å². The van der Waals surface area contributed by atoms with Crippen LogP contribution in [0.1, 0.15) is 19.8 Å². The smallest absolute Gasteiger partial charge is 0.126 e. The first-order chi connectivity index (χ1) is 7.18. The van der Waals surface area contributed by atoms with Crippen molar-refractivity contribution in [2.75, 3.05) is 17.6 Å². The van der Waals surface area contributed by atoms with Gasteiger partial charge in [0.2, 0.25) is 0 Å². The minimum Gasteiger partial charge on any atom is -0.369 e. The second-order valence-corrected chi connectivity index (χ2v) is 6.72. The number of pyridine rings is 1. The third-order valence-corrected chi connectivity index (χ3v) is 4.68. The molecule has 1 aliphatic heterocycles. The number of nitrogens with zero attached hydrogens (tertiary/aromatic N) is 1. The Hall–Kier alpha value is -0.220. The fraction of sp³-hybridized carbons (Fsp3) is 0.545. The minimum absolute atomic E-state index is 0.398. The number of hydrogen-bond acceptors (Lipinski definition) is 3. The van der Waals surface area contributed by atoms with E-state index in [9.17, 15) is 0 Å². The summed E-state index contributed by atoms with van der Waals surface area (Å²) in [4.78, 5) is 4.30. The van der Waals surface area contributed by atoms with Crippen LogP contribution in [0.5, 0.6) is 0 Å². The molecule has 2 nitrogen and oxygen atoms in total. The average Bonchev–Trinajstić information content (AvgIpc) is 2.65. The molecule has 0 radical (unpaired) electrons. The van der Waals surface area contributed by atoms with Crippen LogP contribution in [0, 0.1) is 0 Å². The summed E-state index contributed by atoms with van der Waals surface area (Å²) in [6.07, 6.45) is 4.48. The van der Waals surface area contributed by atoms with Crippen molar-refractivity contribution in [2.45, 2.75) is 24.5 Å². The fourth-order valence-corrected chi connectivity index (χ4v) is 3.21. The summed E-state index contributed by atoms with van der Waals surface area (Å²) < 4.78 is 1.42. The number of aromatic nitrogens is 1. The van der Waals surface area contributed by atoms with Crippen molar-refractivity contribution in [2.24, 2.45) is 0 Å². The summed E-state index contributed by atoms with van der Waals surface area (Å²) in [5, 5.41) is 3.40. The zero-order valence-corrected chi connectivity index (χ0v) is 11.2. The van der Waals surface area contributed by atoms with Crippen molar-refractivity contribution in [1.82, 2.24) is 4.98 Å². The molecule has 0 saturated carbocycles. The van der Waals surface area contributed by atoms with Gasteiger partial charge in [-0.15, -0.1) is 0 Å². The molecule has 1 aliphatic rings. The Morgan fingerprint density at radius 3 is 3.07 bits per heavy atom. The van der Waals surface area contributed by atoms with Crippen LogP contribution in [0.2, 0.25) is 0 Å². The van der Waals surface area contributed by atoms with E-state index in [0.717, 1.165) is 16.8 Å². The molecule has 1 fully saturated rings. The van der Waals surface area contributed by atoms with Gasteiger partial charge in [0.1, 0.15) is 5.82 Å². The summed E-state index contributed by atoms with van der Waals surface area (Å²) in [6, 6.07) is 4.02. The van der Waals surface area contributed by atoms with E-state index in [1.165, 1.54) is 18.6 Å². The Morgan fingerprint density at radius 2 is 2.47 bits per heavy atom. The molecule has 1 N–H and O–H groups in total. The number of anilines is 1. The Kier molecular flexibility index (Phi) is 3.57. The molecule has 82 valence electrons. The third-order valence-electron chi connectivity index (χ3n) is 2.67. The van der Waals surface area contributed by atoms with Crippen LogP contribution < -0.4 is 5.32 Å². The molecule has 2 rings (SSSR count). The van der Waals surface area contributed by atoms with Gasteiger partial charge < -0.3 is 5.32 Å². The van der Waals surface area contributed by atoms with Gasteiger partial charge in [-0.3, -0.25) is 0 Å². The second-order valence-electron chi connectivity index (χ2n) is 4.12. The predicted molar refractivity (Wildman–Crippen MR) is 70.5 cm³/mol. The van der Waals surface area contributed by atoms with Crippen LogP contribution in [0.3, 0.4) is 0 Å². The van der Waals surface area contributed by atoms with Gasteiger partial charge in [-0.1, -0.05) is 0 Å². The van der Waals surface area contributed by atoms with Crippen molar-refractivity contribution < 1.29 is 0 Å². The van der Waals surface area contributed by atoms with E-state index in [1.807, 2.05) is 18.3 Å². The number of nitrogens with one attached hydrogen (secondary N) is 1. The molecule has 0 spiro atoms. The largest absolute Gasteiger partial charge is 0.369 e. The van der Waals surface area contributed by atoms with Crippen molar-refractivity contribution in [3.05, 3.63) is 22.8 Å². The number of thioether (sulfide) groups is 1. The molecular weight excluding hydrogens is 272 g/mol. The normalized spacial score (nSPS) is 25.5. The molecule has 1 atom stereocenters. The number of rotatable bonds is 3. The first-order valence-electron chi connectivity index (χ1n) is 5.17. The van der Waals surface area contributed by atoms with E-state index < -0.39 is 0 Å². The van der Waals surface area contributed by atoms with E-state index in [-0.39, 0.29) is 0 Å². The second kappa shape index (κ2) is 4.74. The number of halogens is 1. The van der Waals surface area contributed by atoms with Crippen molar-refractivity contribution in [3.8, 4) is 0 Å². The van der Waals surface area contributed by atoms with Crippen LogP contribution >= 0.6 is 27.7 Å². The van der Waals surface area contributed by atoms with Gasteiger partial charge in [-0.25, -0.2) is 4.98 Å². The average molecular weight is 287 g/mol. The monoisotopic (exact) mass is 286 g/mol. The lowest BCUT2D eigenvalue weighted by atomic mass is 10.1. The number of hydrogen-bond donors (Lipinski definition) is 1. The van der Waals surface area contributed by atoms with Crippen LogP contribution in [-0.4, -0.2) is 22.0 Å². The molecule has 2 heterocycles. The summed E-state index contributed by atoms with van der Waals surface area (Å²) in [5.41, 5.74) is 0. The van der Waals surface area contributed by atoms with Gasteiger partial charge in [0.15, 0.2) is 0 Å². The highest BCUT2D eigenvalue weighted by atomic mass is 79.9. The molecular formula is C11H15BrN2S. The van der Waals surface area contributed by atoms with Crippen molar-refractivity contribution >= 4 is 33.5 Å². The Balaban J connectivity index is 1.90. The predicted octanol–water partition coefficient (Wildman–Crippen LogP) is 3.54. The van der Waals surface area contributed by atoms with Crippen LogP contribution in [0.25, 0.3) is 0 Å². The Morgan fingerprint density at radius 1 is 1.60 bits per heavy atom. The van der Waals surface area contributed by atoms with Crippen molar-refractivity contribution in [1.29, 1.82) is 0 Å². The Labute approximate surface area is 103 Å². The SMILES string of the molecule is CC1(CNc2ccc(Br)cn2)CCCS1. The van der Waals surface area contributed by atoms with Gasteiger partial charge in [0, 0.05) is 22.0 Å². The zero-order chi connectivity index (χ0) is 10.7. The van der Waals surface area contributed by atoms with E-state index in [2.05, 4.69) is 44.9 Å². The molecule has 0 bridgehead atoms. The quantitative estimate of drug-likeness (QED) is 0.920. The minimum atomic E-state index is 0.398. The zero-order valence-electron chi connectivity index (χ0n) is 8.79. The molecule has 0 aromatic carbocycles. The van der Waals surface area contributed by atoms with Crippen LogP contribution in [0.15, 0.2) is 22.8 Å². The molecule has 15 heavy (non-hydrogen) atoms. The maximum atomic E-state index is 4.30. The molecule has 1 unspecified atom stereocenters. The maximum absolute atomic E-state index is 4.30. The van der Waals surface area contributed by atoms with E-state index >= 15 is 0 Å². The summed E-state index contributed by atoms with van der Waals surface area (Å²) in [6.45, 7) is 3.34. The molecule has 1 saturated heterocycles. The highest BCUT2D eigenvalue weighted by Crippen LogP contribution is 2.37. The molecule has 1 aromatic rings. The molecule has 0 aliphatic carbocycles. The molecule has 0 amide bonds. The first kappa shape index (κ1) is 11.3.